The van der Waals surface area contributed by atoms with Crippen molar-refractivity contribution in [3.8, 4) is 125 Å². The van der Waals surface area contributed by atoms with Gasteiger partial charge in [-0.3, -0.25) is 0 Å². The molecule has 0 bridgehead atoms. The Labute approximate surface area is 638 Å². The molecule has 0 N–H and O–H groups in total. The summed E-state index contributed by atoms with van der Waals surface area (Å²) in [5.74, 6) is 8.30. The van der Waals surface area contributed by atoms with Gasteiger partial charge < -0.3 is 0 Å². The van der Waals surface area contributed by atoms with E-state index in [9.17, 15) is 0 Å². The molecule has 0 amide bonds. The maximum atomic E-state index is 4.84. The molecule has 12 nitrogen and oxygen atoms in total. The Morgan fingerprint density at radius 1 is 0.145 bits per heavy atom. The first kappa shape index (κ1) is 69.7. The lowest BCUT2D eigenvalue weighted by molar-refractivity contribution is 0.992. The smallest absolute Gasteiger partial charge is 0.164 e. The first-order chi connectivity index (χ1) is 54.1. The molecule has 0 aliphatic heterocycles. The molecule has 19 aromatic rings. The van der Waals surface area contributed by atoms with E-state index < -0.39 is 0 Å². The van der Waals surface area contributed by atoms with Crippen LogP contribution in [0.25, 0.3) is 168 Å². The molecule has 0 spiro atoms. The number of benzene rings is 15. The summed E-state index contributed by atoms with van der Waals surface area (Å²) in [6, 6.07) is 123. The second kappa shape index (κ2) is 32.4. The molecule has 4 aromatic heterocycles. The number of aryl methyl sites for hydroxylation is 4. The van der Waals surface area contributed by atoms with Crippen LogP contribution < -0.4 is 0 Å². The molecule has 0 saturated carbocycles. The Morgan fingerprint density at radius 2 is 0.382 bits per heavy atom. The van der Waals surface area contributed by atoms with Crippen molar-refractivity contribution < 1.29 is 0 Å². The van der Waals surface area contributed by atoms with Gasteiger partial charge in [0, 0.05) is 61.2 Å². The molecule has 19 rings (SSSR count). The van der Waals surface area contributed by atoms with Crippen LogP contribution in [0.5, 0.6) is 0 Å². The zero-order valence-corrected chi connectivity index (χ0v) is 61.0. The number of fused-ring (bicyclic) bond motifs is 4. The van der Waals surface area contributed by atoms with Crippen molar-refractivity contribution in [1.82, 2.24) is 59.8 Å². The summed E-state index contributed by atoms with van der Waals surface area (Å²) in [7, 11) is 0. The van der Waals surface area contributed by atoms with Gasteiger partial charge in [-0.05, 0) is 107 Å². The van der Waals surface area contributed by atoms with E-state index in [-0.39, 0.29) is 0 Å². The largest absolute Gasteiger partial charge is 0.213 e. The van der Waals surface area contributed by atoms with Crippen molar-refractivity contribution in [1.29, 1.82) is 0 Å². The maximum absolute atomic E-state index is 4.84. The normalized spacial score (nSPS) is 10.9. The molecule has 0 atom stereocenters. The van der Waals surface area contributed by atoms with Crippen LogP contribution in [0.4, 0.5) is 0 Å². The molecule has 0 aliphatic rings. The second-order valence-corrected chi connectivity index (χ2v) is 26.7. The third-order valence-electron chi connectivity index (χ3n) is 18.8. The molecule has 12 heteroatoms. The zero-order chi connectivity index (χ0) is 74.5. The number of hydrogen-bond donors (Lipinski definition) is 0. The molecule has 0 radical (unpaired) electrons. The average molecular weight is 1420 g/mol. The van der Waals surface area contributed by atoms with Crippen molar-refractivity contribution in [3.05, 3.63) is 386 Å². The molecule has 0 saturated heterocycles. The molecule has 0 unspecified atom stereocenters. The van der Waals surface area contributed by atoms with Crippen LogP contribution in [0.3, 0.4) is 0 Å². The molecule has 0 aliphatic carbocycles. The van der Waals surface area contributed by atoms with Gasteiger partial charge in [0.05, 0.1) is 0 Å². The van der Waals surface area contributed by atoms with Gasteiger partial charge in [0.15, 0.2) is 64.1 Å². The molecule has 15 aromatic carbocycles. The Hall–Kier alpha value is -14.6. The van der Waals surface area contributed by atoms with E-state index in [1.165, 1.54) is 54.2 Å². The van der Waals surface area contributed by atoms with Gasteiger partial charge >= 0.3 is 0 Å². The minimum Gasteiger partial charge on any atom is -0.213 e. The highest BCUT2D eigenvalue weighted by molar-refractivity contribution is 5.90. The topological polar surface area (TPSA) is 155 Å². The van der Waals surface area contributed by atoms with Crippen molar-refractivity contribution in [2.45, 2.75) is 27.7 Å². The predicted octanol–water partition coefficient (Wildman–Crippen LogP) is 23.7. The SMILES string of the molecule is Cc1ccc(-c2nc(-c3ccccc3)nc(-c3ccc4ccccc4c3)n2)cc1.Cc1cccc(-c2nc(-c3ccccc3)nc(-c3ccc4ccccc4c3)n2)c1.Cc1ccccc1-c1nc(-c2ccccc2)nc(-c2ccc3ccccc3c2)n1.Cc1nc(-c2ccccc2)nc(-c2ccc3ccccc3c2)n1. The van der Waals surface area contributed by atoms with E-state index in [0.29, 0.717) is 64.1 Å². The molecule has 4 heterocycles. The fourth-order valence-corrected chi connectivity index (χ4v) is 13.0. The number of hydrogen-bond acceptors (Lipinski definition) is 12. The van der Waals surface area contributed by atoms with Gasteiger partial charge in [-0.2, -0.15) is 0 Å². The fourth-order valence-electron chi connectivity index (χ4n) is 13.0. The Kier molecular flexibility index (Phi) is 20.5. The first-order valence-corrected chi connectivity index (χ1v) is 36.5. The van der Waals surface area contributed by atoms with Gasteiger partial charge in [0.2, 0.25) is 0 Å². The van der Waals surface area contributed by atoms with Gasteiger partial charge in [-0.15, -0.1) is 0 Å². The molecule has 110 heavy (non-hydrogen) atoms. The third kappa shape index (κ3) is 16.4. The zero-order valence-electron chi connectivity index (χ0n) is 61.0. The summed E-state index contributed by atoms with van der Waals surface area (Å²) in [5, 5.41) is 9.51. The van der Waals surface area contributed by atoms with E-state index in [2.05, 4.69) is 212 Å². The summed E-state index contributed by atoms with van der Waals surface area (Å²) in [6.45, 7) is 8.13. The van der Waals surface area contributed by atoms with Crippen LogP contribution in [0.15, 0.2) is 364 Å². The highest BCUT2D eigenvalue weighted by Gasteiger charge is 2.18. The lowest BCUT2D eigenvalue weighted by atomic mass is 10.1. The predicted molar refractivity (Wildman–Crippen MR) is 448 cm³/mol. The van der Waals surface area contributed by atoms with Crippen LogP contribution in [-0.4, -0.2) is 59.8 Å². The minimum atomic E-state index is 0.680. The standard InChI is InChI=1S/3C26H19N3.C20H15N3/c1-18-9-5-8-14-23(18)26-28-24(20-11-3-2-4-12-20)27-25(29-26)22-16-15-19-10-6-7-13-21(19)17-22;1-18-8-7-13-22(16-18)25-27-24(20-10-3-2-4-11-20)28-26(29-25)23-15-14-19-9-5-6-12-21(19)17-23;1-18-11-13-21(14-12-18)25-27-24(20-8-3-2-4-9-20)28-26(29-25)23-16-15-19-7-5-6-10-22(19)17-23;1-14-21-19(16-8-3-2-4-9-16)23-20(22-14)18-12-11-15-7-5-6-10-17(15)13-18/h3*2-17H,1H3;2-13H,1H3. The third-order valence-corrected chi connectivity index (χ3v) is 18.8. The van der Waals surface area contributed by atoms with Gasteiger partial charge in [0.1, 0.15) is 5.82 Å². The van der Waals surface area contributed by atoms with E-state index >= 15 is 0 Å². The Balaban J connectivity index is 0.000000112. The molecule has 0 fully saturated rings. The van der Waals surface area contributed by atoms with Crippen molar-refractivity contribution in [2.24, 2.45) is 0 Å². The quantitative estimate of drug-likeness (QED) is 0.121. The summed E-state index contributed by atoms with van der Waals surface area (Å²) >= 11 is 0. The summed E-state index contributed by atoms with van der Waals surface area (Å²) in [4.78, 5) is 56.9. The average Bonchev–Trinajstić information content (AvgIpc) is 0.802. The summed E-state index contributed by atoms with van der Waals surface area (Å²) in [6.07, 6.45) is 0. The van der Waals surface area contributed by atoms with E-state index in [4.69, 9.17) is 44.9 Å². The molecular formula is C98H72N12. The number of aromatic nitrogens is 12. The molecular weight excluding hydrogens is 1350 g/mol. The Morgan fingerprint density at radius 3 is 0.709 bits per heavy atom. The van der Waals surface area contributed by atoms with Crippen LogP contribution >= 0.6 is 0 Å². The van der Waals surface area contributed by atoms with Crippen LogP contribution in [0.1, 0.15) is 22.5 Å². The van der Waals surface area contributed by atoms with Gasteiger partial charge in [0.25, 0.3) is 0 Å². The lowest BCUT2D eigenvalue weighted by Crippen LogP contribution is -2.01. The summed E-state index contributed by atoms with van der Waals surface area (Å²) < 4.78 is 0. The van der Waals surface area contributed by atoms with Crippen LogP contribution in [0, 0.1) is 27.7 Å². The lowest BCUT2D eigenvalue weighted by Gasteiger charge is -2.10. The summed E-state index contributed by atoms with van der Waals surface area (Å²) in [5.41, 5.74) is 14.4. The monoisotopic (exact) mass is 1420 g/mol. The fraction of sp³-hybridized carbons (Fsp3) is 0.0408. The van der Waals surface area contributed by atoms with Gasteiger partial charge in [-0.25, -0.2) is 59.8 Å². The molecule has 524 valence electrons. The second-order valence-electron chi connectivity index (χ2n) is 26.7. The minimum absolute atomic E-state index is 0.680. The van der Waals surface area contributed by atoms with E-state index in [1.807, 2.05) is 195 Å². The van der Waals surface area contributed by atoms with Crippen LogP contribution in [0.2, 0.25) is 0 Å². The first-order valence-electron chi connectivity index (χ1n) is 36.5. The van der Waals surface area contributed by atoms with E-state index in [1.54, 1.807) is 0 Å². The number of rotatable bonds is 11. The number of nitrogens with zero attached hydrogens (tertiary/aromatic N) is 12. The highest BCUT2D eigenvalue weighted by Crippen LogP contribution is 2.33. The maximum Gasteiger partial charge on any atom is 0.164 e. The van der Waals surface area contributed by atoms with Gasteiger partial charge in [-0.1, -0.05) is 345 Å². The van der Waals surface area contributed by atoms with Crippen molar-refractivity contribution >= 4 is 43.1 Å². The van der Waals surface area contributed by atoms with Crippen LogP contribution in [-0.2, 0) is 0 Å². The Bertz CT molecular complexity index is 6460. The van der Waals surface area contributed by atoms with E-state index in [0.717, 1.165) is 72.6 Å². The van der Waals surface area contributed by atoms with Crippen molar-refractivity contribution in [3.63, 3.8) is 0 Å². The van der Waals surface area contributed by atoms with Crippen molar-refractivity contribution in [2.75, 3.05) is 0 Å². The highest BCUT2D eigenvalue weighted by atomic mass is 15.1.